The van der Waals surface area contributed by atoms with Crippen molar-refractivity contribution in [2.75, 3.05) is 6.54 Å². The summed E-state index contributed by atoms with van der Waals surface area (Å²) in [7, 11) is 0. The summed E-state index contributed by atoms with van der Waals surface area (Å²) in [5, 5.41) is 2.15. The molecule has 0 bridgehead atoms. The van der Waals surface area contributed by atoms with E-state index in [9.17, 15) is 4.79 Å². The van der Waals surface area contributed by atoms with Crippen molar-refractivity contribution in [3.05, 3.63) is 83.5 Å². The van der Waals surface area contributed by atoms with E-state index in [2.05, 4.69) is 40.2 Å². The van der Waals surface area contributed by atoms with Crippen LogP contribution in [0.3, 0.4) is 0 Å². The van der Waals surface area contributed by atoms with Gasteiger partial charge >= 0.3 is 0 Å². The Morgan fingerprint density at radius 3 is 2.45 bits per heavy atom. The number of imidazole rings is 1. The fourth-order valence-corrected chi connectivity index (χ4v) is 4.35. The molecule has 0 atom stereocenters. The number of carbonyl (C=O) groups is 1. The third kappa shape index (κ3) is 4.40. The first-order chi connectivity index (χ1) is 14.1. The molecule has 0 radical (unpaired) electrons. The Morgan fingerprint density at radius 1 is 1.07 bits per heavy atom. The van der Waals surface area contributed by atoms with Crippen LogP contribution in [0.5, 0.6) is 0 Å². The van der Waals surface area contributed by atoms with Gasteiger partial charge in [-0.3, -0.25) is 9.20 Å². The lowest BCUT2D eigenvalue weighted by molar-refractivity contribution is -0.135. The first-order valence-corrected chi connectivity index (χ1v) is 10.8. The monoisotopic (exact) mass is 403 g/mol. The van der Waals surface area contributed by atoms with Crippen LogP contribution in [0.1, 0.15) is 25.1 Å². The van der Waals surface area contributed by atoms with Crippen molar-refractivity contribution in [1.29, 1.82) is 0 Å². The largest absolute Gasteiger partial charge is 0.338 e. The van der Waals surface area contributed by atoms with E-state index in [0.717, 1.165) is 28.2 Å². The second-order valence-corrected chi connectivity index (χ2v) is 8.36. The maximum atomic E-state index is 12.8. The first kappa shape index (κ1) is 19.4. The molecule has 0 spiro atoms. The number of carbonyl (C=O) groups excluding carboxylic acids is 1. The number of rotatable bonds is 7. The van der Waals surface area contributed by atoms with Gasteiger partial charge in [0, 0.05) is 48.3 Å². The number of nitrogens with zero attached hydrogens (tertiary/aromatic N) is 3. The Hall–Kier alpha value is -2.92. The van der Waals surface area contributed by atoms with Gasteiger partial charge < -0.3 is 4.90 Å². The van der Waals surface area contributed by atoms with Crippen LogP contribution in [0.4, 0.5) is 0 Å². The third-order valence-electron chi connectivity index (χ3n) is 5.01. The van der Waals surface area contributed by atoms with E-state index in [1.165, 1.54) is 5.69 Å². The lowest BCUT2D eigenvalue weighted by Crippen LogP contribution is -2.35. The number of hydrogen-bond donors (Lipinski definition) is 0. The van der Waals surface area contributed by atoms with Crippen LogP contribution in [0, 0.1) is 5.92 Å². The molecule has 4 rings (SSSR count). The molecule has 2 heterocycles. The molecule has 148 valence electrons. The van der Waals surface area contributed by atoms with E-state index in [4.69, 9.17) is 4.98 Å². The molecule has 0 saturated heterocycles. The molecule has 4 nitrogen and oxygen atoms in total. The highest BCUT2D eigenvalue weighted by Gasteiger charge is 2.18. The fraction of sp³-hybridized carbons (Fsp3) is 0.250. The second kappa shape index (κ2) is 8.62. The standard InChI is InChI=1S/C24H25N3OS/c1-18(2)23(28)26(15-19-9-5-3-6-10-19)14-13-21-17-29-24-25-22(16-27(21)24)20-11-7-4-8-12-20/h3-12,16-18H,13-15H2,1-2H3. The van der Waals surface area contributed by atoms with Crippen LogP contribution >= 0.6 is 11.3 Å². The van der Waals surface area contributed by atoms with Gasteiger partial charge in [0.15, 0.2) is 4.96 Å². The summed E-state index contributed by atoms with van der Waals surface area (Å²) < 4.78 is 2.16. The number of fused-ring (bicyclic) bond motifs is 1. The van der Waals surface area contributed by atoms with Gasteiger partial charge in [0.2, 0.25) is 5.91 Å². The quantitative estimate of drug-likeness (QED) is 0.420. The highest BCUT2D eigenvalue weighted by molar-refractivity contribution is 7.15. The van der Waals surface area contributed by atoms with E-state index < -0.39 is 0 Å². The number of amides is 1. The van der Waals surface area contributed by atoms with Crippen LogP contribution in [-0.2, 0) is 17.8 Å². The van der Waals surface area contributed by atoms with Gasteiger partial charge in [-0.1, -0.05) is 74.5 Å². The summed E-state index contributed by atoms with van der Waals surface area (Å²) in [4.78, 5) is 20.5. The zero-order valence-electron chi connectivity index (χ0n) is 16.8. The average molecular weight is 404 g/mol. The van der Waals surface area contributed by atoms with E-state index in [-0.39, 0.29) is 11.8 Å². The summed E-state index contributed by atoms with van der Waals surface area (Å²) in [6, 6.07) is 20.4. The molecule has 0 aliphatic heterocycles. The van der Waals surface area contributed by atoms with Crippen LogP contribution in [0.2, 0.25) is 0 Å². The molecule has 29 heavy (non-hydrogen) atoms. The van der Waals surface area contributed by atoms with Crippen molar-refractivity contribution >= 4 is 22.2 Å². The predicted octanol–water partition coefficient (Wildman–Crippen LogP) is 5.29. The summed E-state index contributed by atoms with van der Waals surface area (Å²) >= 11 is 1.65. The van der Waals surface area contributed by atoms with Gasteiger partial charge in [-0.05, 0) is 5.56 Å². The molecule has 0 N–H and O–H groups in total. The molecule has 4 aromatic rings. The van der Waals surface area contributed by atoms with Gasteiger partial charge in [-0.25, -0.2) is 4.98 Å². The number of thiazole rings is 1. The normalized spacial score (nSPS) is 11.3. The van der Waals surface area contributed by atoms with Crippen molar-refractivity contribution in [2.24, 2.45) is 5.92 Å². The zero-order valence-corrected chi connectivity index (χ0v) is 17.6. The third-order valence-corrected chi connectivity index (χ3v) is 5.90. The van der Waals surface area contributed by atoms with Gasteiger partial charge in [-0.2, -0.15) is 0 Å². The van der Waals surface area contributed by atoms with Gasteiger partial charge in [0.05, 0.1) is 5.69 Å². The Morgan fingerprint density at radius 2 is 1.76 bits per heavy atom. The minimum Gasteiger partial charge on any atom is -0.338 e. The lowest BCUT2D eigenvalue weighted by atomic mass is 10.1. The summed E-state index contributed by atoms with van der Waals surface area (Å²) in [6.07, 6.45) is 2.90. The molecule has 0 unspecified atom stereocenters. The highest BCUT2D eigenvalue weighted by Crippen LogP contribution is 2.24. The summed E-state index contributed by atoms with van der Waals surface area (Å²) in [5.41, 5.74) is 4.45. The maximum Gasteiger partial charge on any atom is 0.225 e. The van der Waals surface area contributed by atoms with E-state index in [0.29, 0.717) is 13.1 Å². The lowest BCUT2D eigenvalue weighted by Gasteiger charge is -2.24. The molecule has 2 aromatic heterocycles. The highest BCUT2D eigenvalue weighted by atomic mass is 32.1. The molecule has 0 saturated carbocycles. The maximum absolute atomic E-state index is 12.8. The van der Waals surface area contributed by atoms with Crippen molar-refractivity contribution in [2.45, 2.75) is 26.8 Å². The van der Waals surface area contributed by atoms with Gasteiger partial charge in [-0.15, -0.1) is 11.3 Å². The average Bonchev–Trinajstić information content (AvgIpc) is 3.33. The Kier molecular flexibility index (Phi) is 5.76. The summed E-state index contributed by atoms with van der Waals surface area (Å²) in [5.74, 6) is 0.176. The molecular weight excluding hydrogens is 378 g/mol. The Balaban J connectivity index is 1.53. The van der Waals surface area contributed by atoms with Crippen molar-refractivity contribution in [1.82, 2.24) is 14.3 Å². The van der Waals surface area contributed by atoms with Gasteiger partial charge in [0.1, 0.15) is 0 Å². The Bertz CT molecular complexity index is 1080. The number of hydrogen-bond acceptors (Lipinski definition) is 3. The minimum absolute atomic E-state index is 0.0147. The van der Waals surface area contributed by atoms with Gasteiger partial charge in [0.25, 0.3) is 0 Å². The molecule has 0 fully saturated rings. The first-order valence-electron chi connectivity index (χ1n) is 9.95. The molecule has 0 aliphatic rings. The van der Waals surface area contributed by atoms with Crippen molar-refractivity contribution < 1.29 is 4.79 Å². The summed E-state index contributed by atoms with van der Waals surface area (Å²) in [6.45, 7) is 5.26. The Labute approximate surface area is 175 Å². The molecule has 1 amide bonds. The van der Waals surface area contributed by atoms with Crippen LogP contribution in [0.15, 0.2) is 72.2 Å². The van der Waals surface area contributed by atoms with Crippen molar-refractivity contribution in [3.63, 3.8) is 0 Å². The van der Waals surface area contributed by atoms with Crippen molar-refractivity contribution in [3.8, 4) is 11.3 Å². The predicted molar refractivity (Wildman–Crippen MR) is 119 cm³/mol. The number of aromatic nitrogens is 2. The SMILES string of the molecule is CC(C)C(=O)N(CCc1csc2nc(-c3ccccc3)cn12)Cc1ccccc1. The smallest absolute Gasteiger partial charge is 0.225 e. The molecule has 0 aliphatic carbocycles. The fourth-order valence-electron chi connectivity index (χ4n) is 3.44. The molecule has 5 heteroatoms. The number of benzene rings is 2. The van der Waals surface area contributed by atoms with E-state index in [1.54, 1.807) is 11.3 Å². The van der Waals surface area contributed by atoms with Crippen LogP contribution < -0.4 is 0 Å². The van der Waals surface area contributed by atoms with Crippen LogP contribution in [0.25, 0.3) is 16.2 Å². The minimum atomic E-state index is -0.0147. The topological polar surface area (TPSA) is 37.6 Å². The van der Waals surface area contributed by atoms with Crippen LogP contribution in [-0.4, -0.2) is 26.7 Å². The molecular formula is C24H25N3OS. The molecule has 2 aromatic carbocycles. The zero-order chi connectivity index (χ0) is 20.2. The van der Waals surface area contributed by atoms with E-state index >= 15 is 0 Å². The van der Waals surface area contributed by atoms with E-state index in [1.807, 2.05) is 55.1 Å². The second-order valence-electron chi connectivity index (χ2n) is 7.52.